The molecular formula is C22H17BrN4O2. The number of rotatable bonds is 1. The van der Waals surface area contributed by atoms with Crippen molar-refractivity contribution in [3.05, 3.63) is 63.8 Å². The van der Waals surface area contributed by atoms with Gasteiger partial charge in [-0.15, -0.1) is 0 Å². The molecule has 2 aliphatic rings. The van der Waals surface area contributed by atoms with Crippen molar-refractivity contribution in [2.24, 2.45) is 0 Å². The molecule has 2 aliphatic heterocycles. The van der Waals surface area contributed by atoms with Crippen molar-refractivity contribution < 1.29 is 9.59 Å². The summed E-state index contributed by atoms with van der Waals surface area (Å²) in [6.07, 6.45) is 0.662. The van der Waals surface area contributed by atoms with E-state index in [0.717, 1.165) is 32.2 Å². The van der Waals surface area contributed by atoms with Gasteiger partial charge in [-0.1, -0.05) is 34.1 Å². The molecule has 1 spiro atoms. The Kier molecular flexibility index (Phi) is 3.83. The average Bonchev–Trinajstić information content (AvgIpc) is 3.19. The minimum atomic E-state index is -1.30. The van der Waals surface area contributed by atoms with Gasteiger partial charge in [-0.25, -0.2) is 0 Å². The van der Waals surface area contributed by atoms with Gasteiger partial charge in [0.05, 0.1) is 17.5 Å². The third kappa shape index (κ3) is 2.21. The SMILES string of the molecule is CC(=O)N1CCc2c([nH]c3ccccc23)[C@@]12C(=O)N(CC#N)c1ccc(Br)cc12. The Bertz CT molecular complexity index is 1240. The van der Waals surface area contributed by atoms with Crippen LogP contribution in [0, 0.1) is 11.3 Å². The van der Waals surface area contributed by atoms with Gasteiger partial charge in [0.1, 0.15) is 6.54 Å². The second-order valence-electron chi connectivity index (χ2n) is 7.37. The lowest BCUT2D eigenvalue weighted by Crippen LogP contribution is -2.58. The van der Waals surface area contributed by atoms with E-state index >= 15 is 0 Å². The van der Waals surface area contributed by atoms with Crippen molar-refractivity contribution in [2.75, 3.05) is 18.0 Å². The number of fused-ring (bicyclic) bond motifs is 6. The van der Waals surface area contributed by atoms with E-state index in [1.165, 1.54) is 11.8 Å². The first-order valence-corrected chi connectivity index (χ1v) is 10.2. The van der Waals surface area contributed by atoms with Crippen molar-refractivity contribution in [1.82, 2.24) is 9.88 Å². The van der Waals surface area contributed by atoms with Crippen LogP contribution in [0.4, 0.5) is 5.69 Å². The standard InChI is InChI=1S/C22H17BrN4O2/c1-13(28)27-10-8-16-15-4-2-3-5-18(15)25-20(16)22(27)17-12-14(23)6-7-19(17)26(11-9-24)21(22)29/h2-7,12,25H,8,10-11H2,1H3/t22-/m0/s1. The fourth-order valence-electron chi connectivity index (χ4n) is 4.87. The zero-order chi connectivity index (χ0) is 20.3. The van der Waals surface area contributed by atoms with Crippen LogP contribution in [-0.2, 0) is 21.5 Å². The van der Waals surface area contributed by atoms with Crippen molar-refractivity contribution in [2.45, 2.75) is 18.9 Å². The third-order valence-electron chi connectivity index (χ3n) is 5.97. The first kappa shape index (κ1) is 18.0. The smallest absolute Gasteiger partial charge is 0.264 e. The van der Waals surface area contributed by atoms with E-state index in [9.17, 15) is 14.9 Å². The lowest BCUT2D eigenvalue weighted by molar-refractivity contribution is -0.143. The number of aromatic amines is 1. The summed E-state index contributed by atoms with van der Waals surface area (Å²) in [5.41, 5.74) is 2.80. The van der Waals surface area contributed by atoms with E-state index < -0.39 is 5.54 Å². The van der Waals surface area contributed by atoms with E-state index in [0.29, 0.717) is 18.7 Å². The number of amides is 2. The Hall–Kier alpha value is -3.11. The summed E-state index contributed by atoms with van der Waals surface area (Å²) in [5, 5.41) is 10.4. The van der Waals surface area contributed by atoms with Crippen LogP contribution in [0.5, 0.6) is 0 Å². The van der Waals surface area contributed by atoms with Gasteiger partial charge in [-0.2, -0.15) is 5.26 Å². The molecule has 7 heteroatoms. The predicted octanol–water partition coefficient (Wildman–Crippen LogP) is 3.45. The summed E-state index contributed by atoms with van der Waals surface area (Å²) in [6, 6.07) is 15.6. The molecule has 0 unspecified atom stereocenters. The summed E-state index contributed by atoms with van der Waals surface area (Å²) < 4.78 is 0.814. The molecule has 1 atom stereocenters. The number of carbonyl (C=O) groups is 2. The number of para-hydroxylation sites is 1. The van der Waals surface area contributed by atoms with Crippen LogP contribution >= 0.6 is 15.9 Å². The summed E-state index contributed by atoms with van der Waals surface area (Å²) in [4.78, 5) is 33.3. The van der Waals surface area contributed by atoms with Crippen LogP contribution in [0.25, 0.3) is 10.9 Å². The molecule has 1 N–H and O–H groups in total. The normalized spacial score (nSPS) is 20.1. The van der Waals surface area contributed by atoms with Gasteiger partial charge in [-0.3, -0.25) is 14.5 Å². The second-order valence-corrected chi connectivity index (χ2v) is 8.28. The highest BCUT2D eigenvalue weighted by Crippen LogP contribution is 2.52. The molecule has 5 rings (SSSR count). The number of benzene rings is 2. The van der Waals surface area contributed by atoms with Crippen molar-refractivity contribution in [1.29, 1.82) is 5.26 Å². The number of H-pyrrole nitrogens is 1. The zero-order valence-electron chi connectivity index (χ0n) is 15.7. The number of carbonyl (C=O) groups excluding carboxylic acids is 2. The second kappa shape index (κ2) is 6.19. The Labute approximate surface area is 175 Å². The first-order valence-electron chi connectivity index (χ1n) is 9.37. The number of hydrogen-bond donors (Lipinski definition) is 1. The summed E-state index contributed by atoms with van der Waals surface area (Å²) in [7, 11) is 0. The molecule has 3 heterocycles. The zero-order valence-corrected chi connectivity index (χ0v) is 17.3. The Balaban J connectivity index is 1.91. The molecule has 29 heavy (non-hydrogen) atoms. The maximum absolute atomic E-state index is 13.9. The quantitative estimate of drug-likeness (QED) is 0.578. The summed E-state index contributed by atoms with van der Waals surface area (Å²) in [5.74, 6) is -0.442. The topological polar surface area (TPSA) is 80.2 Å². The minimum absolute atomic E-state index is 0.0729. The molecule has 2 amide bonds. The monoisotopic (exact) mass is 448 g/mol. The molecule has 0 fully saturated rings. The molecule has 2 aromatic carbocycles. The Morgan fingerprint density at radius 1 is 1.31 bits per heavy atom. The average molecular weight is 449 g/mol. The lowest BCUT2D eigenvalue weighted by Gasteiger charge is -2.43. The molecule has 0 radical (unpaired) electrons. The van der Waals surface area contributed by atoms with E-state index in [1.54, 1.807) is 4.90 Å². The largest absolute Gasteiger partial charge is 0.355 e. The summed E-state index contributed by atoms with van der Waals surface area (Å²) in [6.45, 7) is 1.85. The maximum Gasteiger partial charge on any atom is 0.264 e. The molecule has 0 saturated carbocycles. The highest BCUT2D eigenvalue weighted by molar-refractivity contribution is 9.10. The van der Waals surface area contributed by atoms with E-state index in [4.69, 9.17) is 0 Å². The molecule has 6 nitrogen and oxygen atoms in total. The predicted molar refractivity (Wildman–Crippen MR) is 112 cm³/mol. The number of aromatic nitrogens is 1. The molecule has 0 aliphatic carbocycles. The molecular weight excluding hydrogens is 432 g/mol. The molecule has 144 valence electrons. The third-order valence-corrected chi connectivity index (χ3v) is 6.46. The highest BCUT2D eigenvalue weighted by atomic mass is 79.9. The highest BCUT2D eigenvalue weighted by Gasteiger charge is 2.60. The first-order chi connectivity index (χ1) is 14.0. The number of nitrogens with one attached hydrogen (secondary N) is 1. The van der Waals surface area contributed by atoms with Crippen LogP contribution in [0.2, 0.25) is 0 Å². The maximum atomic E-state index is 13.9. The molecule has 3 aromatic rings. The van der Waals surface area contributed by atoms with Gasteiger partial charge in [-0.05, 0) is 36.2 Å². The number of nitriles is 1. The number of nitrogens with zero attached hydrogens (tertiary/aromatic N) is 3. The Morgan fingerprint density at radius 2 is 2.10 bits per heavy atom. The van der Waals surface area contributed by atoms with Gasteiger partial charge >= 0.3 is 0 Å². The fraction of sp³-hybridized carbons (Fsp3) is 0.227. The van der Waals surface area contributed by atoms with Crippen LogP contribution < -0.4 is 4.90 Å². The van der Waals surface area contributed by atoms with Gasteiger partial charge in [0.25, 0.3) is 5.91 Å². The number of halogens is 1. The van der Waals surface area contributed by atoms with Crippen LogP contribution in [-0.4, -0.2) is 34.8 Å². The fourth-order valence-corrected chi connectivity index (χ4v) is 5.23. The van der Waals surface area contributed by atoms with Gasteiger partial charge in [0.15, 0.2) is 5.54 Å². The van der Waals surface area contributed by atoms with Crippen molar-refractivity contribution >= 4 is 44.3 Å². The number of hydrogen-bond acceptors (Lipinski definition) is 3. The van der Waals surface area contributed by atoms with Gasteiger partial charge in [0, 0.05) is 34.4 Å². The van der Waals surface area contributed by atoms with Gasteiger partial charge in [0.2, 0.25) is 5.91 Å². The Morgan fingerprint density at radius 3 is 2.86 bits per heavy atom. The van der Waals surface area contributed by atoms with Crippen LogP contribution in [0.1, 0.15) is 23.7 Å². The molecule has 0 bridgehead atoms. The molecule has 1 aromatic heterocycles. The minimum Gasteiger partial charge on any atom is -0.355 e. The van der Waals surface area contributed by atoms with Crippen molar-refractivity contribution in [3.63, 3.8) is 0 Å². The van der Waals surface area contributed by atoms with Gasteiger partial charge < -0.3 is 9.88 Å². The number of anilines is 1. The van der Waals surface area contributed by atoms with Crippen molar-refractivity contribution in [3.8, 4) is 6.07 Å². The van der Waals surface area contributed by atoms with E-state index in [-0.39, 0.29) is 18.4 Å². The van der Waals surface area contributed by atoms with Crippen LogP contribution in [0.15, 0.2) is 46.9 Å². The summed E-state index contributed by atoms with van der Waals surface area (Å²) >= 11 is 3.52. The molecule has 0 saturated heterocycles. The van der Waals surface area contributed by atoms with Crippen LogP contribution in [0.3, 0.4) is 0 Å². The van der Waals surface area contributed by atoms with E-state index in [2.05, 4.69) is 27.0 Å². The van der Waals surface area contributed by atoms with E-state index in [1.807, 2.05) is 42.5 Å². The lowest BCUT2D eigenvalue weighted by atomic mass is 9.80.